The smallest absolute Gasteiger partial charge is 0.251 e. The molecule has 2 bridgehead atoms. The molecular formula is C17H24Cl2N2O. The van der Waals surface area contributed by atoms with Gasteiger partial charge in [0.05, 0.1) is 0 Å². The average Bonchev–Trinajstić information content (AvgIpc) is 2.42. The summed E-state index contributed by atoms with van der Waals surface area (Å²) in [5.41, 5.74) is 7.78. The van der Waals surface area contributed by atoms with E-state index in [1.54, 1.807) is 12.1 Å². The first-order valence-corrected chi connectivity index (χ1v) is 8.25. The molecule has 1 amide bonds. The number of fused-ring (bicyclic) bond motifs is 2. The Morgan fingerprint density at radius 1 is 1.27 bits per heavy atom. The number of benzene rings is 1. The summed E-state index contributed by atoms with van der Waals surface area (Å²) in [5, 5.41) is 3.97. The van der Waals surface area contributed by atoms with Crippen LogP contribution in [-0.4, -0.2) is 18.0 Å². The quantitative estimate of drug-likeness (QED) is 0.860. The highest BCUT2D eigenvalue weighted by atomic mass is 35.5. The number of aryl methyl sites for hydroxylation is 1. The zero-order valence-corrected chi connectivity index (χ0v) is 14.4. The summed E-state index contributed by atoms with van der Waals surface area (Å²) in [5.74, 6) is 1.11. The van der Waals surface area contributed by atoms with Gasteiger partial charge in [-0.05, 0) is 68.2 Å². The summed E-state index contributed by atoms with van der Waals surface area (Å²) in [6.07, 6.45) is 5.74. The maximum atomic E-state index is 12.5. The Morgan fingerprint density at radius 2 is 1.91 bits per heavy atom. The Morgan fingerprint density at radius 3 is 2.50 bits per heavy atom. The van der Waals surface area contributed by atoms with Crippen LogP contribution in [0.2, 0.25) is 5.02 Å². The second-order valence-electron chi connectivity index (χ2n) is 6.65. The largest absolute Gasteiger partial charge is 0.349 e. The Bertz CT molecular complexity index is 535. The first kappa shape index (κ1) is 17.6. The van der Waals surface area contributed by atoms with Crippen LogP contribution in [0.15, 0.2) is 18.2 Å². The minimum absolute atomic E-state index is 0. The van der Waals surface area contributed by atoms with Crippen LogP contribution in [-0.2, 0) is 0 Å². The van der Waals surface area contributed by atoms with E-state index in [1.165, 1.54) is 19.3 Å². The van der Waals surface area contributed by atoms with Gasteiger partial charge in [-0.1, -0.05) is 18.0 Å². The predicted molar refractivity (Wildman–Crippen MR) is 92.7 cm³/mol. The highest BCUT2D eigenvalue weighted by Gasteiger charge is 2.39. The lowest BCUT2D eigenvalue weighted by Crippen LogP contribution is -2.53. The van der Waals surface area contributed by atoms with Crippen LogP contribution in [0.3, 0.4) is 0 Å². The van der Waals surface area contributed by atoms with E-state index in [1.807, 2.05) is 13.0 Å². The molecule has 0 radical (unpaired) electrons. The minimum Gasteiger partial charge on any atom is -0.349 e. The van der Waals surface area contributed by atoms with E-state index >= 15 is 0 Å². The summed E-state index contributed by atoms with van der Waals surface area (Å²) in [7, 11) is 0. The number of carbonyl (C=O) groups is 1. The third-order valence-electron chi connectivity index (χ3n) is 5.09. The number of hydrogen-bond acceptors (Lipinski definition) is 2. The minimum atomic E-state index is 0. The fourth-order valence-corrected chi connectivity index (χ4v) is 4.16. The number of rotatable bonds is 2. The van der Waals surface area contributed by atoms with Crippen molar-refractivity contribution < 1.29 is 4.79 Å². The molecule has 2 unspecified atom stereocenters. The highest BCUT2D eigenvalue weighted by molar-refractivity contribution is 6.31. The SMILES string of the molecule is Cc1cc(C(=O)NC2C3CCCC2CC(N)C3)ccc1Cl.Cl. The van der Waals surface area contributed by atoms with Gasteiger partial charge >= 0.3 is 0 Å². The van der Waals surface area contributed by atoms with Crippen molar-refractivity contribution in [3.05, 3.63) is 34.3 Å². The standard InChI is InChI=1S/C17H23ClN2O.ClH/c1-10-7-13(5-6-15(10)18)17(21)20-16-11-3-2-4-12(16)9-14(19)8-11;/h5-7,11-12,14,16H,2-4,8-9,19H2,1H3,(H,20,21);1H. The van der Waals surface area contributed by atoms with Gasteiger partial charge in [-0.15, -0.1) is 12.4 Å². The first-order valence-electron chi connectivity index (χ1n) is 7.87. The van der Waals surface area contributed by atoms with E-state index in [9.17, 15) is 4.79 Å². The van der Waals surface area contributed by atoms with Gasteiger partial charge in [-0.2, -0.15) is 0 Å². The first-order chi connectivity index (χ1) is 10.0. The molecule has 0 saturated heterocycles. The Labute approximate surface area is 143 Å². The summed E-state index contributed by atoms with van der Waals surface area (Å²) in [4.78, 5) is 12.5. The lowest BCUT2D eigenvalue weighted by atomic mass is 9.67. The molecule has 2 aliphatic carbocycles. The molecule has 0 heterocycles. The highest BCUT2D eigenvalue weighted by Crippen LogP contribution is 2.39. The van der Waals surface area contributed by atoms with Gasteiger partial charge in [0.15, 0.2) is 0 Å². The maximum Gasteiger partial charge on any atom is 0.251 e. The zero-order chi connectivity index (χ0) is 15.0. The maximum absolute atomic E-state index is 12.5. The zero-order valence-electron chi connectivity index (χ0n) is 12.8. The number of hydrogen-bond donors (Lipinski definition) is 2. The van der Waals surface area contributed by atoms with E-state index in [0.29, 0.717) is 34.5 Å². The Hall–Kier alpha value is -0.770. The third kappa shape index (κ3) is 3.58. The molecule has 1 aromatic rings. The molecule has 1 aromatic carbocycles. The van der Waals surface area contributed by atoms with Crippen molar-refractivity contribution in [2.45, 2.75) is 51.1 Å². The summed E-state index contributed by atoms with van der Waals surface area (Å²) >= 11 is 6.03. The van der Waals surface area contributed by atoms with Gasteiger partial charge in [-0.25, -0.2) is 0 Å². The number of nitrogens with one attached hydrogen (secondary N) is 1. The molecule has 122 valence electrons. The van der Waals surface area contributed by atoms with Crippen molar-refractivity contribution in [1.82, 2.24) is 5.32 Å². The van der Waals surface area contributed by atoms with Gasteiger partial charge in [0, 0.05) is 22.7 Å². The molecule has 5 heteroatoms. The van der Waals surface area contributed by atoms with Crippen LogP contribution >= 0.6 is 24.0 Å². The molecule has 3 rings (SSSR count). The molecule has 0 aliphatic heterocycles. The van der Waals surface area contributed by atoms with E-state index in [2.05, 4.69) is 5.32 Å². The van der Waals surface area contributed by atoms with Crippen LogP contribution in [0.1, 0.15) is 48.0 Å². The molecule has 2 aliphatic rings. The normalized spacial score (nSPS) is 30.3. The van der Waals surface area contributed by atoms with Crippen molar-refractivity contribution in [3.8, 4) is 0 Å². The predicted octanol–water partition coefficient (Wildman–Crippen LogP) is 3.71. The summed E-state index contributed by atoms with van der Waals surface area (Å²) in [6, 6.07) is 6.06. The fourth-order valence-electron chi connectivity index (χ4n) is 4.05. The van der Waals surface area contributed by atoms with Gasteiger partial charge < -0.3 is 11.1 Å². The molecule has 3 N–H and O–H groups in total. The van der Waals surface area contributed by atoms with Gasteiger partial charge in [-0.3, -0.25) is 4.79 Å². The monoisotopic (exact) mass is 342 g/mol. The lowest BCUT2D eigenvalue weighted by molar-refractivity contribution is 0.0756. The van der Waals surface area contributed by atoms with Crippen LogP contribution in [0.25, 0.3) is 0 Å². The van der Waals surface area contributed by atoms with Crippen molar-refractivity contribution >= 4 is 29.9 Å². The van der Waals surface area contributed by atoms with E-state index in [4.69, 9.17) is 17.3 Å². The van der Waals surface area contributed by atoms with Crippen LogP contribution in [0, 0.1) is 18.8 Å². The molecule has 0 aromatic heterocycles. The van der Waals surface area contributed by atoms with Crippen molar-refractivity contribution in [1.29, 1.82) is 0 Å². The van der Waals surface area contributed by atoms with Crippen molar-refractivity contribution in [2.24, 2.45) is 17.6 Å². The van der Waals surface area contributed by atoms with Gasteiger partial charge in [0.2, 0.25) is 0 Å². The van der Waals surface area contributed by atoms with E-state index in [0.717, 1.165) is 18.4 Å². The molecule has 0 spiro atoms. The van der Waals surface area contributed by atoms with Crippen LogP contribution in [0.5, 0.6) is 0 Å². The average molecular weight is 343 g/mol. The number of nitrogens with two attached hydrogens (primary N) is 1. The van der Waals surface area contributed by atoms with Crippen LogP contribution in [0.4, 0.5) is 0 Å². The Balaban J connectivity index is 0.00000176. The molecule has 22 heavy (non-hydrogen) atoms. The lowest BCUT2D eigenvalue weighted by Gasteiger charge is -2.45. The van der Waals surface area contributed by atoms with E-state index < -0.39 is 0 Å². The van der Waals surface area contributed by atoms with Gasteiger partial charge in [0.1, 0.15) is 0 Å². The molecule has 2 fully saturated rings. The van der Waals surface area contributed by atoms with Crippen LogP contribution < -0.4 is 11.1 Å². The van der Waals surface area contributed by atoms with Crippen molar-refractivity contribution in [2.75, 3.05) is 0 Å². The van der Waals surface area contributed by atoms with Crippen molar-refractivity contribution in [3.63, 3.8) is 0 Å². The molecule has 3 nitrogen and oxygen atoms in total. The molecule has 2 saturated carbocycles. The second-order valence-corrected chi connectivity index (χ2v) is 7.05. The molecule has 2 atom stereocenters. The van der Waals surface area contributed by atoms with Gasteiger partial charge in [0.25, 0.3) is 5.91 Å². The number of carbonyl (C=O) groups excluding carboxylic acids is 1. The molecular weight excluding hydrogens is 319 g/mol. The summed E-state index contributed by atoms with van der Waals surface area (Å²) < 4.78 is 0. The topological polar surface area (TPSA) is 55.1 Å². The fraction of sp³-hybridized carbons (Fsp3) is 0.588. The Kier molecular flexibility index (Phi) is 5.76. The van der Waals surface area contributed by atoms with E-state index in [-0.39, 0.29) is 18.3 Å². The third-order valence-corrected chi connectivity index (χ3v) is 5.52. The number of halogens is 2. The number of amides is 1. The summed E-state index contributed by atoms with van der Waals surface area (Å²) in [6.45, 7) is 1.92. The second kappa shape index (κ2) is 7.20.